The van der Waals surface area contributed by atoms with Gasteiger partial charge in [0.15, 0.2) is 62.8 Å². The minimum absolute atomic E-state index is 0.00933. The maximum absolute atomic E-state index is 12.4. The molecule has 0 aliphatic heterocycles. The van der Waals surface area contributed by atoms with Crippen molar-refractivity contribution in [3.05, 3.63) is 222 Å². The summed E-state index contributed by atoms with van der Waals surface area (Å²) in [5.74, 6) is 5.44. The number of carbonyl (C=O) groups excluding carboxylic acids is 5. The lowest BCUT2D eigenvalue weighted by molar-refractivity contribution is -0.131. The zero-order valence-electron chi connectivity index (χ0n) is 69.2. The smallest absolute Gasteiger partial charge is 0.244 e. The number of imidazole rings is 4. The molecule has 4 aliphatic rings. The van der Waals surface area contributed by atoms with Crippen LogP contribution in [0.4, 0.5) is 23.3 Å². The summed E-state index contributed by atoms with van der Waals surface area (Å²) in [5.41, 5.74) is 14.8. The Morgan fingerprint density at radius 3 is 1.38 bits per heavy atom. The highest BCUT2D eigenvalue weighted by atomic mass is 16.5. The summed E-state index contributed by atoms with van der Waals surface area (Å²) in [5, 5.41) is 78.7. The van der Waals surface area contributed by atoms with Crippen molar-refractivity contribution < 1.29 is 33.8 Å². The van der Waals surface area contributed by atoms with E-state index >= 15 is 0 Å². The van der Waals surface area contributed by atoms with Gasteiger partial charge in [-0.05, 0) is 191 Å². The summed E-state index contributed by atoms with van der Waals surface area (Å²) in [6.45, 7) is 15.3. The van der Waals surface area contributed by atoms with E-state index in [9.17, 15) is 29.1 Å². The van der Waals surface area contributed by atoms with Crippen molar-refractivity contribution in [2.45, 2.75) is 130 Å². The van der Waals surface area contributed by atoms with Crippen LogP contribution in [0.1, 0.15) is 149 Å². The number of anilines is 4. The van der Waals surface area contributed by atoms with Gasteiger partial charge < -0.3 is 36.0 Å². The number of hydrogen-bond acceptors (Lipinski definition) is 24. The molecule has 5 N–H and O–H groups in total. The van der Waals surface area contributed by atoms with Gasteiger partial charge in [-0.2, -0.15) is 25.5 Å². The number of nitrogens with zero attached hydrogens (tertiary/aromatic N) is 27. The van der Waals surface area contributed by atoms with Crippen LogP contribution in [-0.4, -0.2) is 194 Å². The molecule has 0 spiro atoms. The number of amides is 5. The third-order valence-corrected chi connectivity index (χ3v) is 21.8. The molecule has 17 aromatic rings. The zero-order chi connectivity index (χ0) is 85.6. The number of aromatic nitrogens is 26. The molecule has 16 heterocycles. The normalized spacial score (nSPS) is 13.9. The van der Waals surface area contributed by atoms with Crippen molar-refractivity contribution in [3.8, 4) is 11.1 Å². The van der Waals surface area contributed by atoms with Gasteiger partial charge in [-0.25, -0.2) is 42.7 Å². The number of benzene rings is 1. The Morgan fingerprint density at radius 1 is 0.508 bits per heavy atom. The Bertz CT molecular complexity index is 6950. The maximum Gasteiger partial charge on any atom is 0.244 e. The molecule has 4 fully saturated rings. The van der Waals surface area contributed by atoms with Gasteiger partial charge >= 0.3 is 0 Å². The van der Waals surface area contributed by atoms with E-state index in [1.165, 1.54) is 5.56 Å². The number of carbonyl (C=O) groups is 5. The van der Waals surface area contributed by atoms with Gasteiger partial charge in [0.2, 0.25) is 29.5 Å². The molecular formula is C86H89N31O7. The first-order valence-electron chi connectivity index (χ1n) is 41.1. The van der Waals surface area contributed by atoms with Crippen LogP contribution in [0.25, 0.3) is 67.3 Å². The molecule has 38 heteroatoms. The molecule has 4 aliphatic carbocycles. The number of aliphatic hydroxyl groups is 1. The lowest BCUT2D eigenvalue weighted by Gasteiger charge is -2.17. The van der Waals surface area contributed by atoms with E-state index in [0.29, 0.717) is 96.4 Å². The second-order valence-electron chi connectivity index (χ2n) is 32.6. The van der Waals surface area contributed by atoms with Gasteiger partial charge in [-0.1, -0.05) is 43.8 Å². The standard InChI is InChI=1S/C26H28N10O3.C20H21N7O2.C20H21N7O.C20H19N7O/c1-33(9-10-39-2)25(37)16-34-13-19(12-27-34)18-5-7-21-22(11-18)35(32-30-21)14-20-6-8-24-28-23(15-36(24)31-20)29-26(38)17-3-4-17;1-20(2,29)13-5-7-17-23-24-18(26(17)10-13)9-14-6-8-16-21-15(11-27(16)25-14)22-19(28)12-3-4-12;2*1-12(2)14-5-7-18-23-24-19(26(18)10-14)9-15-6-8-17-21-16(11-27(17)25-15)22-20(28)13-3-4-13/h5-8,11-13,15,17H,3-4,9-10,14,16H2,1-2H3,(H,29,38);5-8,10-12,29H,3-4,9H2,1-2H3,(H,22,28);5-8,10-13H,3-4,9H2,1-2H3,(H,22,28);5-8,10-11,13H,1,3-4,9H2,2H3,(H,22,28). The van der Waals surface area contributed by atoms with Gasteiger partial charge in [-0.15, -0.1) is 35.7 Å². The van der Waals surface area contributed by atoms with Crippen LogP contribution in [0, 0.1) is 23.7 Å². The van der Waals surface area contributed by atoms with E-state index in [1.807, 2.05) is 136 Å². The summed E-state index contributed by atoms with van der Waals surface area (Å²) in [6.07, 6.45) is 25.6. The van der Waals surface area contributed by atoms with Crippen molar-refractivity contribution >= 4 is 109 Å². The molecule has 4 saturated carbocycles. The molecule has 124 heavy (non-hydrogen) atoms. The largest absolute Gasteiger partial charge is 0.386 e. The lowest BCUT2D eigenvalue weighted by atomic mass is 10.0. The Labute approximate surface area is 706 Å². The molecule has 21 rings (SSSR count). The number of allylic oxidation sites excluding steroid dienone is 1. The number of fused-ring (bicyclic) bond motifs is 8. The quantitative estimate of drug-likeness (QED) is 0.0355. The average Bonchev–Trinajstić information content (AvgIpc) is 1.64. The SMILES string of the molecule is C=C(C)c1ccc2nnc(Cc3ccc4nc(NC(=O)C5CC5)cn4n3)n2c1.CC(C)(O)c1ccc2nnc(Cc3ccc4nc(NC(=O)C5CC5)cn4n3)n2c1.CC(C)c1ccc2nnc(Cc3ccc4nc(NC(=O)C5CC5)cn4n3)n2c1.COCCN(C)C(=O)Cn1cc(-c2ccc3nnn(Cc4ccc5nc(NC(=O)C6CC6)cn5n4)c3c2)cn1. The predicted molar refractivity (Wildman–Crippen MR) is 456 cm³/mol. The topological polar surface area (TPSA) is 426 Å². The first-order valence-corrected chi connectivity index (χ1v) is 41.1. The van der Waals surface area contributed by atoms with Crippen LogP contribution in [0.5, 0.6) is 0 Å². The number of pyridine rings is 3. The van der Waals surface area contributed by atoms with E-state index in [1.54, 1.807) is 91.3 Å². The Balaban J connectivity index is 0.000000114. The summed E-state index contributed by atoms with van der Waals surface area (Å²) in [4.78, 5) is 79.6. The summed E-state index contributed by atoms with van der Waals surface area (Å²) < 4.78 is 21.0. The van der Waals surface area contributed by atoms with Gasteiger partial charge in [0.25, 0.3) is 0 Å². The molecule has 630 valence electrons. The molecule has 16 aromatic heterocycles. The fourth-order valence-electron chi connectivity index (χ4n) is 13.9. The van der Waals surface area contributed by atoms with E-state index in [4.69, 9.17) is 4.74 Å². The molecule has 0 saturated heterocycles. The fourth-order valence-corrected chi connectivity index (χ4v) is 13.9. The molecule has 0 radical (unpaired) electrons. The third-order valence-electron chi connectivity index (χ3n) is 21.8. The highest BCUT2D eigenvalue weighted by Crippen LogP contribution is 2.34. The number of hydrogen-bond donors (Lipinski definition) is 5. The van der Waals surface area contributed by atoms with Crippen LogP contribution >= 0.6 is 0 Å². The number of methoxy groups -OCH3 is 1. The maximum atomic E-state index is 12.4. The second-order valence-corrected chi connectivity index (χ2v) is 32.6. The van der Waals surface area contributed by atoms with Gasteiger partial charge in [0.05, 0.1) is 97.3 Å². The monoisotopic (exact) mass is 1670 g/mol. The first-order chi connectivity index (χ1) is 60.0. The number of likely N-dealkylation sites (N-methyl/N-ethyl adjacent to an activating group) is 1. The van der Waals surface area contributed by atoms with Crippen LogP contribution in [0.3, 0.4) is 0 Å². The highest BCUT2D eigenvalue weighted by Gasteiger charge is 2.33. The minimum atomic E-state index is -0.953. The van der Waals surface area contributed by atoms with E-state index in [0.717, 1.165) is 142 Å². The van der Waals surface area contributed by atoms with Gasteiger partial charge in [0.1, 0.15) is 29.5 Å². The van der Waals surface area contributed by atoms with Crippen molar-refractivity contribution in [2.75, 3.05) is 48.6 Å². The zero-order valence-corrected chi connectivity index (χ0v) is 69.2. The molecule has 0 unspecified atom stereocenters. The van der Waals surface area contributed by atoms with Crippen LogP contribution in [-0.2, 0) is 66.7 Å². The van der Waals surface area contributed by atoms with Crippen molar-refractivity contribution in [1.29, 1.82) is 0 Å². The van der Waals surface area contributed by atoms with Gasteiger partial charge in [0, 0.05) is 74.7 Å². The Hall–Kier alpha value is -14.8. The Kier molecular flexibility index (Phi) is 21.8. The molecule has 5 amide bonds. The van der Waals surface area contributed by atoms with Crippen molar-refractivity contribution in [3.63, 3.8) is 0 Å². The predicted octanol–water partition coefficient (Wildman–Crippen LogP) is 9.36. The van der Waals surface area contributed by atoms with E-state index in [-0.39, 0.29) is 59.8 Å². The first kappa shape index (κ1) is 80.3. The van der Waals surface area contributed by atoms with Crippen molar-refractivity contribution in [1.82, 2.24) is 132 Å². The summed E-state index contributed by atoms with van der Waals surface area (Å²) in [7, 11) is 3.36. The molecular weight excluding hydrogens is 1580 g/mol. The minimum Gasteiger partial charge on any atom is -0.386 e. The molecule has 1 aromatic carbocycles. The van der Waals surface area contributed by atoms with Crippen LogP contribution in [0.15, 0.2) is 165 Å². The second kappa shape index (κ2) is 33.6. The van der Waals surface area contributed by atoms with E-state index in [2.05, 4.69) is 140 Å². The molecule has 0 atom stereocenters. The average molecular weight is 1670 g/mol. The van der Waals surface area contributed by atoms with Crippen LogP contribution in [0.2, 0.25) is 0 Å². The van der Waals surface area contributed by atoms with E-state index < -0.39 is 5.60 Å². The molecule has 0 bridgehead atoms. The highest BCUT2D eigenvalue weighted by molar-refractivity contribution is 5.95. The Morgan fingerprint density at radius 2 is 0.935 bits per heavy atom. The fraction of sp³-hybridized carbons (Fsp3) is 0.326. The molecule has 38 nitrogen and oxygen atoms in total. The summed E-state index contributed by atoms with van der Waals surface area (Å²) in [6, 6.07) is 32.7. The number of nitrogens with one attached hydrogen (secondary N) is 4. The number of rotatable bonds is 25. The van der Waals surface area contributed by atoms with Gasteiger partial charge in [-0.3, -0.25) is 41.9 Å². The third kappa shape index (κ3) is 18.4. The number of ether oxygens (including phenoxy) is 1. The van der Waals surface area contributed by atoms with Crippen molar-refractivity contribution in [2.24, 2.45) is 23.7 Å². The van der Waals surface area contributed by atoms with Crippen LogP contribution < -0.4 is 21.3 Å². The summed E-state index contributed by atoms with van der Waals surface area (Å²) >= 11 is 0. The lowest BCUT2D eigenvalue weighted by Crippen LogP contribution is -2.32.